The summed E-state index contributed by atoms with van der Waals surface area (Å²) < 4.78 is 5.71. The maximum absolute atomic E-state index is 9.90. The summed E-state index contributed by atoms with van der Waals surface area (Å²) in [5, 5.41) is 11.1. The highest BCUT2D eigenvalue weighted by Crippen LogP contribution is 2.37. The third kappa shape index (κ3) is 3.06. The van der Waals surface area contributed by atoms with Crippen molar-refractivity contribution < 1.29 is 9.84 Å². The molecule has 2 fully saturated rings. The Kier molecular flexibility index (Phi) is 4.41. The molecule has 1 saturated heterocycles. The lowest BCUT2D eigenvalue weighted by atomic mass is 10.00. The van der Waals surface area contributed by atoms with Gasteiger partial charge in [-0.3, -0.25) is 4.90 Å². The van der Waals surface area contributed by atoms with E-state index in [1.54, 1.807) is 18.2 Å². The van der Waals surface area contributed by atoms with Gasteiger partial charge in [-0.2, -0.15) is 0 Å². The molecule has 0 radical (unpaired) electrons. The Morgan fingerprint density at radius 2 is 2.10 bits per heavy atom. The molecule has 5 heteroatoms. The molecule has 20 heavy (non-hydrogen) atoms. The molecular weight excluding hydrogens is 297 g/mol. The van der Waals surface area contributed by atoms with Gasteiger partial charge in [0.2, 0.25) is 0 Å². The van der Waals surface area contributed by atoms with Gasteiger partial charge in [0.25, 0.3) is 0 Å². The van der Waals surface area contributed by atoms with Gasteiger partial charge in [0.1, 0.15) is 12.4 Å². The average Bonchev–Trinajstić information content (AvgIpc) is 2.95. The van der Waals surface area contributed by atoms with Crippen LogP contribution in [0.25, 0.3) is 0 Å². The van der Waals surface area contributed by atoms with Crippen molar-refractivity contribution in [2.45, 2.75) is 18.9 Å². The van der Waals surface area contributed by atoms with Gasteiger partial charge in [0.05, 0.1) is 11.1 Å². The van der Waals surface area contributed by atoms with Crippen molar-refractivity contribution in [2.24, 2.45) is 11.8 Å². The van der Waals surface area contributed by atoms with Crippen LogP contribution in [0, 0.1) is 11.8 Å². The summed E-state index contributed by atoms with van der Waals surface area (Å²) in [4.78, 5) is 2.38. The highest BCUT2D eigenvalue weighted by molar-refractivity contribution is 6.35. The number of hydrogen-bond acceptors (Lipinski definition) is 3. The Labute approximate surface area is 129 Å². The predicted octanol–water partition coefficient (Wildman–Crippen LogP) is 3.07. The monoisotopic (exact) mass is 315 g/mol. The molecule has 3 rings (SSSR count). The summed E-state index contributed by atoms with van der Waals surface area (Å²) in [5.74, 6) is 1.81. The second-order valence-corrected chi connectivity index (χ2v) is 6.60. The molecule has 0 amide bonds. The van der Waals surface area contributed by atoms with Gasteiger partial charge in [-0.05, 0) is 37.0 Å². The van der Waals surface area contributed by atoms with Crippen molar-refractivity contribution in [1.29, 1.82) is 0 Å². The highest BCUT2D eigenvalue weighted by atomic mass is 35.5. The van der Waals surface area contributed by atoms with E-state index in [4.69, 9.17) is 27.9 Å². The van der Waals surface area contributed by atoms with Crippen molar-refractivity contribution in [1.82, 2.24) is 4.90 Å². The third-order valence-corrected chi connectivity index (χ3v) is 4.98. The molecule has 1 aromatic carbocycles. The van der Waals surface area contributed by atoms with E-state index < -0.39 is 0 Å². The van der Waals surface area contributed by atoms with Crippen molar-refractivity contribution in [2.75, 3.05) is 26.2 Å². The normalized spacial score (nSPS) is 29.6. The molecular formula is C15H19Cl2NO2. The number of nitrogens with zero attached hydrogens (tertiary/aromatic N) is 1. The van der Waals surface area contributed by atoms with Crippen molar-refractivity contribution in [3.05, 3.63) is 28.2 Å². The van der Waals surface area contributed by atoms with Gasteiger partial charge in [-0.1, -0.05) is 23.2 Å². The lowest BCUT2D eigenvalue weighted by Crippen LogP contribution is -2.28. The molecule has 1 aromatic rings. The van der Waals surface area contributed by atoms with Crippen LogP contribution in [-0.2, 0) is 0 Å². The minimum Gasteiger partial charge on any atom is -0.491 e. The fourth-order valence-electron chi connectivity index (χ4n) is 3.39. The number of rotatable bonds is 4. The lowest BCUT2D eigenvalue weighted by molar-refractivity contribution is 0.122. The predicted molar refractivity (Wildman–Crippen MR) is 80.6 cm³/mol. The topological polar surface area (TPSA) is 32.7 Å². The van der Waals surface area contributed by atoms with E-state index in [0.717, 1.165) is 32.5 Å². The van der Waals surface area contributed by atoms with E-state index in [9.17, 15) is 5.11 Å². The maximum Gasteiger partial charge on any atom is 0.138 e. The maximum atomic E-state index is 9.90. The van der Waals surface area contributed by atoms with Crippen molar-refractivity contribution in [3.63, 3.8) is 0 Å². The smallest absolute Gasteiger partial charge is 0.138 e. The van der Waals surface area contributed by atoms with Crippen LogP contribution in [0.5, 0.6) is 5.75 Å². The summed E-state index contributed by atoms with van der Waals surface area (Å²) >= 11 is 11.9. The van der Waals surface area contributed by atoms with E-state index in [0.29, 0.717) is 34.2 Å². The Bertz CT molecular complexity index is 483. The molecule has 3 atom stereocenters. The van der Waals surface area contributed by atoms with Crippen LogP contribution < -0.4 is 4.74 Å². The van der Waals surface area contributed by atoms with E-state index in [-0.39, 0.29) is 6.10 Å². The number of benzene rings is 1. The van der Waals surface area contributed by atoms with Crippen LogP contribution in [-0.4, -0.2) is 42.4 Å². The van der Waals surface area contributed by atoms with Crippen LogP contribution in [0.2, 0.25) is 10.0 Å². The average molecular weight is 316 g/mol. The zero-order chi connectivity index (χ0) is 14.1. The number of likely N-dealkylation sites (tertiary alicyclic amines) is 1. The largest absolute Gasteiger partial charge is 0.491 e. The quantitative estimate of drug-likeness (QED) is 0.926. The Morgan fingerprint density at radius 1 is 1.25 bits per heavy atom. The van der Waals surface area contributed by atoms with Crippen LogP contribution in [0.15, 0.2) is 18.2 Å². The molecule has 3 unspecified atom stereocenters. The zero-order valence-electron chi connectivity index (χ0n) is 11.3. The summed E-state index contributed by atoms with van der Waals surface area (Å²) in [6, 6.07) is 5.27. The standard InChI is InChI=1S/C15H19Cl2NO2/c16-11-2-4-15(13(17)7-11)20-6-5-18-8-10-1-3-14(19)12(10)9-18/h2,4,7,10,12,14,19H,1,3,5-6,8-9H2. The van der Waals surface area contributed by atoms with Gasteiger partial charge in [-0.25, -0.2) is 0 Å². The number of aliphatic hydroxyl groups excluding tert-OH is 1. The zero-order valence-corrected chi connectivity index (χ0v) is 12.8. The Morgan fingerprint density at radius 3 is 2.85 bits per heavy atom. The summed E-state index contributed by atoms with van der Waals surface area (Å²) in [7, 11) is 0. The molecule has 1 heterocycles. The van der Waals surface area contributed by atoms with Gasteiger partial charge >= 0.3 is 0 Å². The Balaban J connectivity index is 1.47. The van der Waals surface area contributed by atoms with E-state index in [1.165, 1.54) is 0 Å². The number of halogens is 2. The van der Waals surface area contributed by atoms with E-state index >= 15 is 0 Å². The molecule has 2 aliphatic rings. The number of hydrogen-bond donors (Lipinski definition) is 1. The fourth-order valence-corrected chi connectivity index (χ4v) is 3.85. The molecule has 1 aliphatic carbocycles. The number of fused-ring (bicyclic) bond motifs is 1. The van der Waals surface area contributed by atoms with Gasteiger partial charge in [-0.15, -0.1) is 0 Å². The molecule has 3 nitrogen and oxygen atoms in total. The summed E-state index contributed by atoms with van der Waals surface area (Å²) in [6.45, 7) is 3.55. The SMILES string of the molecule is OC1CCC2CN(CCOc3ccc(Cl)cc3Cl)CC12. The first-order valence-electron chi connectivity index (χ1n) is 7.12. The minimum absolute atomic E-state index is 0.100. The summed E-state index contributed by atoms with van der Waals surface area (Å²) in [6.07, 6.45) is 2.03. The first kappa shape index (κ1) is 14.5. The first-order chi connectivity index (χ1) is 9.63. The first-order valence-corrected chi connectivity index (χ1v) is 7.87. The summed E-state index contributed by atoms with van der Waals surface area (Å²) in [5.41, 5.74) is 0. The van der Waals surface area contributed by atoms with Crippen LogP contribution in [0.4, 0.5) is 0 Å². The van der Waals surface area contributed by atoms with Gasteiger partial charge in [0, 0.05) is 30.6 Å². The van der Waals surface area contributed by atoms with E-state index in [2.05, 4.69) is 4.90 Å². The third-order valence-electron chi connectivity index (χ3n) is 4.45. The highest BCUT2D eigenvalue weighted by Gasteiger charge is 2.41. The van der Waals surface area contributed by atoms with Gasteiger partial charge in [0.15, 0.2) is 0 Å². The molecule has 1 aliphatic heterocycles. The second kappa shape index (κ2) is 6.10. The number of aliphatic hydroxyl groups is 1. The fraction of sp³-hybridized carbons (Fsp3) is 0.600. The van der Waals surface area contributed by atoms with Crippen molar-refractivity contribution in [3.8, 4) is 5.75 Å². The lowest BCUT2D eigenvalue weighted by Gasteiger charge is -2.18. The molecule has 0 spiro atoms. The second-order valence-electron chi connectivity index (χ2n) is 5.75. The molecule has 0 aromatic heterocycles. The van der Waals surface area contributed by atoms with Crippen LogP contribution >= 0.6 is 23.2 Å². The van der Waals surface area contributed by atoms with Crippen LogP contribution in [0.1, 0.15) is 12.8 Å². The molecule has 110 valence electrons. The van der Waals surface area contributed by atoms with Gasteiger partial charge < -0.3 is 9.84 Å². The molecule has 0 bridgehead atoms. The van der Waals surface area contributed by atoms with Crippen molar-refractivity contribution >= 4 is 23.2 Å². The Hall–Kier alpha value is -0.480. The molecule has 1 N–H and O–H groups in total. The van der Waals surface area contributed by atoms with E-state index in [1.807, 2.05) is 0 Å². The van der Waals surface area contributed by atoms with Crippen LogP contribution in [0.3, 0.4) is 0 Å². The molecule has 1 saturated carbocycles. The minimum atomic E-state index is -0.100. The number of ether oxygens (including phenoxy) is 1.